The van der Waals surface area contributed by atoms with Crippen LogP contribution in [0.4, 0.5) is 0 Å². The lowest BCUT2D eigenvalue weighted by molar-refractivity contribution is -0.119. The van der Waals surface area contributed by atoms with Gasteiger partial charge in [0.05, 0.1) is 12.2 Å². The fraction of sp³-hybridized carbons (Fsp3) is 0.409. The maximum absolute atomic E-state index is 13.3. The molecule has 1 aliphatic heterocycles. The second-order valence-corrected chi connectivity index (χ2v) is 7.20. The summed E-state index contributed by atoms with van der Waals surface area (Å²) in [7, 11) is 0. The van der Waals surface area contributed by atoms with Crippen LogP contribution in [-0.2, 0) is 17.9 Å². The topological polar surface area (TPSA) is 74.3 Å². The van der Waals surface area contributed by atoms with E-state index in [9.17, 15) is 9.59 Å². The van der Waals surface area contributed by atoms with Gasteiger partial charge in [-0.25, -0.2) is 0 Å². The van der Waals surface area contributed by atoms with Gasteiger partial charge in [-0.1, -0.05) is 18.2 Å². The van der Waals surface area contributed by atoms with E-state index in [1.807, 2.05) is 47.4 Å². The van der Waals surface area contributed by atoms with Gasteiger partial charge in [0.2, 0.25) is 5.91 Å². The fourth-order valence-electron chi connectivity index (χ4n) is 3.50. The zero-order valence-electron chi connectivity index (χ0n) is 16.4. The Bertz CT molecular complexity index is 769. The number of hydrogen-bond donors (Lipinski definition) is 2. The number of benzene rings is 1. The van der Waals surface area contributed by atoms with Crippen LogP contribution in [0.15, 0.2) is 48.7 Å². The molecule has 2 amide bonds. The van der Waals surface area contributed by atoms with Crippen molar-refractivity contribution in [3.63, 3.8) is 0 Å². The minimum atomic E-state index is -0.0661. The number of hydrogen-bond acceptors (Lipinski definition) is 4. The molecule has 6 nitrogen and oxygen atoms in total. The normalized spacial score (nSPS) is 16.8. The number of carbonyl (C=O) groups is 2. The molecule has 1 aromatic heterocycles. The van der Waals surface area contributed by atoms with Gasteiger partial charge in [-0.15, -0.1) is 0 Å². The van der Waals surface area contributed by atoms with Gasteiger partial charge in [0, 0.05) is 31.3 Å². The number of carbonyl (C=O) groups excluding carboxylic acids is 2. The molecule has 0 saturated carbocycles. The number of nitrogens with zero attached hydrogens (tertiary/aromatic N) is 2. The summed E-state index contributed by atoms with van der Waals surface area (Å²) < 4.78 is 0. The lowest BCUT2D eigenvalue weighted by Crippen LogP contribution is -2.40. The maximum Gasteiger partial charge on any atom is 0.254 e. The highest BCUT2D eigenvalue weighted by molar-refractivity contribution is 5.94. The van der Waals surface area contributed by atoms with E-state index in [2.05, 4.69) is 15.6 Å². The highest BCUT2D eigenvalue weighted by Gasteiger charge is 2.26. The molecule has 148 valence electrons. The summed E-state index contributed by atoms with van der Waals surface area (Å²) in [4.78, 5) is 30.8. The zero-order chi connectivity index (χ0) is 19.8. The van der Waals surface area contributed by atoms with Gasteiger partial charge in [0.1, 0.15) is 0 Å². The van der Waals surface area contributed by atoms with Crippen molar-refractivity contribution in [1.29, 1.82) is 0 Å². The van der Waals surface area contributed by atoms with Crippen LogP contribution in [0, 0.1) is 0 Å². The first-order chi connectivity index (χ1) is 13.6. The van der Waals surface area contributed by atoms with E-state index >= 15 is 0 Å². The van der Waals surface area contributed by atoms with E-state index in [0.717, 1.165) is 43.6 Å². The third-order valence-electron chi connectivity index (χ3n) is 5.05. The van der Waals surface area contributed by atoms with Gasteiger partial charge in [-0.3, -0.25) is 14.6 Å². The van der Waals surface area contributed by atoms with E-state index < -0.39 is 0 Å². The Hall–Kier alpha value is -2.73. The van der Waals surface area contributed by atoms with Crippen molar-refractivity contribution in [1.82, 2.24) is 20.5 Å². The van der Waals surface area contributed by atoms with Crippen molar-refractivity contribution in [2.45, 2.75) is 45.3 Å². The SMILES string of the molecule is CC(=O)NCc1ccc(C(=O)N(Cc2ccccn2)C2CCCNCC2)cc1. The van der Waals surface area contributed by atoms with Crippen molar-refractivity contribution < 1.29 is 9.59 Å². The van der Waals surface area contributed by atoms with E-state index in [0.29, 0.717) is 18.7 Å². The lowest BCUT2D eigenvalue weighted by atomic mass is 10.0. The second-order valence-electron chi connectivity index (χ2n) is 7.20. The Labute approximate surface area is 166 Å². The largest absolute Gasteiger partial charge is 0.352 e. The van der Waals surface area contributed by atoms with Crippen molar-refractivity contribution in [3.05, 3.63) is 65.5 Å². The minimum Gasteiger partial charge on any atom is -0.352 e. The van der Waals surface area contributed by atoms with E-state index in [1.165, 1.54) is 6.92 Å². The monoisotopic (exact) mass is 380 g/mol. The Morgan fingerprint density at radius 2 is 1.96 bits per heavy atom. The lowest BCUT2D eigenvalue weighted by Gasteiger charge is -2.31. The Morgan fingerprint density at radius 1 is 1.14 bits per heavy atom. The highest BCUT2D eigenvalue weighted by Crippen LogP contribution is 2.20. The Kier molecular flexibility index (Phi) is 7.14. The molecule has 1 aliphatic rings. The molecule has 1 saturated heterocycles. The van der Waals surface area contributed by atoms with Crippen LogP contribution in [0.3, 0.4) is 0 Å². The molecule has 6 heteroatoms. The zero-order valence-corrected chi connectivity index (χ0v) is 16.4. The summed E-state index contributed by atoms with van der Waals surface area (Å²) in [6, 6.07) is 13.5. The van der Waals surface area contributed by atoms with Gasteiger partial charge in [-0.2, -0.15) is 0 Å². The first-order valence-corrected chi connectivity index (χ1v) is 9.88. The predicted octanol–water partition coefficient (Wildman–Crippen LogP) is 2.50. The van der Waals surface area contributed by atoms with E-state index in [1.54, 1.807) is 6.20 Å². The van der Waals surface area contributed by atoms with Crippen molar-refractivity contribution >= 4 is 11.8 Å². The molecule has 0 aliphatic carbocycles. The summed E-state index contributed by atoms with van der Waals surface area (Å²) in [6.45, 7) is 4.40. The number of rotatable bonds is 6. The second kappa shape index (κ2) is 9.99. The molecular weight excluding hydrogens is 352 g/mol. The van der Waals surface area contributed by atoms with Crippen LogP contribution in [0.5, 0.6) is 0 Å². The molecule has 0 bridgehead atoms. The molecule has 28 heavy (non-hydrogen) atoms. The van der Waals surface area contributed by atoms with Gasteiger partial charge >= 0.3 is 0 Å². The summed E-state index contributed by atoms with van der Waals surface area (Å²) in [5.41, 5.74) is 2.54. The molecule has 1 fully saturated rings. The van der Waals surface area contributed by atoms with Gasteiger partial charge in [-0.05, 0) is 62.2 Å². The smallest absolute Gasteiger partial charge is 0.254 e. The summed E-state index contributed by atoms with van der Waals surface area (Å²) in [5.74, 6) is -0.0349. The molecular formula is C22H28N4O2. The highest BCUT2D eigenvalue weighted by atomic mass is 16.2. The molecule has 2 aromatic rings. The van der Waals surface area contributed by atoms with Crippen molar-refractivity contribution in [2.24, 2.45) is 0 Å². The molecule has 1 unspecified atom stereocenters. The minimum absolute atomic E-state index is 0.0311. The molecule has 1 aromatic carbocycles. The third kappa shape index (κ3) is 5.63. The van der Waals surface area contributed by atoms with E-state index in [-0.39, 0.29) is 17.9 Å². The van der Waals surface area contributed by atoms with Crippen LogP contribution < -0.4 is 10.6 Å². The molecule has 0 spiro atoms. The quantitative estimate of drug-likeness (QED) is 0.808. The predicted molar refractivity (Wildman–Crippen MR) is 109 cm³/mol. The summed E-state index contributed by atoms with van der Waals surface area (Å²) in [6.07, 6.45) is 4.77. The summed E-state index contributed by atoms with van der Waals surface area (Å²) >= 11 is 0. The van der Waals surface area contributed by atoms with Crippen LogP contribution in [0.1, 0.15) is 47.8 Å². The van der Waals surface area contributed by atoms with Crippen LogP contribution in [0.2, 0.25) is 0 Å². The Morgan fingerprint density at radius 3 is 2.68 bits per heavy atom. The third-order valence-corrected chi connectivity index (χ3v) is 5.05. The fourth-order valence-corrected chi connectivity index (χ4v) is 3.50. The maximum atomic E-state index is 13.3. The first kappa shape index (κ1) is 20.0. The molecule has 2 heterocycles. The van der Waals surface area contributed by atoms with Gasteiger partial charge in [0.15, 0.2) is 0 Å². The molecule has 3 rings (SSSR count). The Balaban J connectivity index is 1.77. The number of pyridine rings is 1. The van der Waals surface area contributed by atoms with Crippen molar-refractivity contribution in [2.75, 3.05) is 13.1 Å². The molecule has 0 radical (unpaired) electrons. The van der Waals surface area contributed by atoms with Crippen molar-refractivity contribution in [3.8, 4) is 0 Å². The standard InChI is InChI=1S/C22H28N4O2/c1-17(27)25-15-18-7-9-19(10-8-18)22(28)26(16-20-5-2-3-13-24-20)21-6-4-12-23-14-11-21/h2-3,5,7-10,13,21,23H,4,6,11-12,14-16H2,1H3,(H,25,27). The van der Waals surface area contributed by atoms with Gasteiger partial charge in [0.25, 0.3) is 5.91 Å². The van der Waals surface area contributed by atoms with Gasteiger partial charge < -0.3 is 15.5 Å². The first-order valence-electron chi connectivity index (χ1n) is 9.88. The number of amides is 2. The molecule has 1 atom stereocenters. The average Bonchev–Trinajstić information content (AvgIpc) is 3.00. The number of aromatic nitrogens is 1. The average molecular weight is 380 g/mol. The van der Waals surface area contributed by atoms with Crippen LogP contribution in [-0.4, -0.2) is 40.8 Å². The summed E-state index contributed by atoms with van der Waals surface area (Å²) in [5, 5.41) is 6.19. The van der Waals surface area contributed by atoms with Crippen LogP contribution in [0.25, 0.3) is 0 Å². The number of nitrogens with one attached hydrogen (secondary N) is 2. The van der Waals surface area contributed by atoms with E-state index in [4.69, 9.17) is 0 Å². The van der Waals surface area contributed by atoms with Crippen LogP contribution >= 0.6 is 0 Å². The molecule has 2 N–H and O–H groups in total.